The highest BCUT2D eigenvalue weighted by Crippen LogP contribution is 2.46. The van der Waals surface area contributed by atoms with Gasteiger partial charge in [-0.2, -0.15) is 0 Å². The summed E-state index contributed by atoms with van der Waals surface area (Å²) < 4.78 is 0. The van der Waals surface area contributed by atoms with Crippen LogP contribution in [-0.4, -0.2) is 15.7 Å². The molecule has 2 heteroatoms. The van der Waals surface area contributed by atoms with Gasteiger partial charge in [-0.15, -0.1) is 6.58 Å². The Morgan fingerprint density at radius 3 is 2.06 bits per heavy atom. The Morgan fingerprint density at radius 2 is 1.75 bits per heavy atom. The average Bonchev–Trinajstić information content (AvgIpc) is 2.11. The van der Waals surface area contributed by atoms with Crippen LogP contribution in [0.25, 0.3) is 0 Å². The van der Waals surface area contributed by atoms with Crippen molar-refractivity contribution < 1.29 is 0 Å². The van der Waals surface area contributed by atoms with Crippen LogP contribution in [-0.2, 0) is 0 Å². The molecule has 0 saturated heterocycles. The zero-order valence-corrected chi connectivity index (χ0v) is 11.7. The van der Waals surface area contributed by atoms with Gasteiger partial charge in [0.15, 0.2) is 0 Å². The van der Waals surface area contributed by atoms with Crippen LogP contribution in [0.3, 0.4) is 0 Å². The highest BCUT2D eigenvalue weighted by molar-refractivity contribution is 6.40. The molecule has 0 aromatic rings. The van der Waals surface area contributed by atoms with E-state index in [1.807, 2.05) is 6.08 Å². The molecule has 0 saturated carbocycles. The number of rotatable bonds is 6. The van der Waals surface area contributed by atoms with Crippen molar-refractivity contribution in [1.82, 2.24) is 0 Å². The molecule has 0 aliphatic rings. The Morgan fingerprint density at radius 1 is 1.25 bits per heavy atom. The molecule has 16 heavy (non-hydrogen) atoms. The molecule has 2 atom stereocenters. The Balaban J connectivity index is 4.53. The summed E-state index contributed by atoms with van der Waals surface area (Å²) in [5.41, 5.74) is -0.0618. The molecule has 0 aromatic heterocycles. The Kier molecular flexibility index (Phi) is 5.93. The standard InChI is InChI=1S/C14H26B2/c1-7-9-12(8-2)11(3)10-14(15,16)13(4,5)6/h7,11-12H,1,8-10H2,2-6H3. The van der Waals surface area contributed by atoms with Crippen LogP contribution in [0, 0.1) is 17.3 Å². The Hall–Kier alpha value is -0.130. The van der Waals surface area contributed by atoms with E-state index in [1.54, 1.807) is 0 Å². The smallest absolute Gasteiger partial charge is 0.0627 e. The second-order valence-electron chi connectivity index (χ2n) is 6.16. The van der Waals surface area contributed by atoms with Crippen LogP contribution in [0.4, 0.5) is 0 Å². The first-order valence-electron chi connectivity index (χ1n) is 6.34. The SMILES string of the molecule is [B]C([B])(CC(C)C(CC)CC=C)C(C)(C)C. The van der Waals surface area contributed by atoms with Crippen LogP contribution in [0.1, 0.15) is 53.9 Å². The third-order valence-corrected chi connectivity index (χ3v) is 3.85. The molecule has 4 radical (unpaired) electrons. The van der Waals surface area contributed by atoms with Gasteiger partial charge in [0, 0.05) is 0 Å². The largest absolute Gasteiger partial charge is 0.103 e. The van der Waals surface area contributed by atoms with Crippen molar-refractivity contribution in [3.63, 3.8) is 0 Å². The highest BCUT2D eigenvalue weighted by atomic mass is 14.3. The lowest BCUT2D eigenvalue weighted by atomic mass is 9.40. The summed E-state index contributed by atoms with van der Waals surface area (Å²) in [6.45, 7) is 14.6. The second-order valence-corrected chi connectivity index (χ2v) is 6.16. The van der Waals surface area contributed by atoms with E-state index in [0.29, 0.717) is 11.8 Å². The Bertz CT molecular complexity index is 213. The molecule has 2 unspecified atom stereocenters. The Labute approximate surface area is 105 Å². The van der Waals surface area contributed by atoms with E-state index in [4.69, 9.17) is 15.7 Å². The molecule has 0 nitrogen and oxygen atoms in total. The molecule has 0 heterocycles. The predicted octanol–water partition coefficient (Wildman–Crippen LogP) is 4.11. The highest BCUT2D eigenvalue weighted by Gasteiger charge is 2.33. The number of hydrogen-bond donors (Lipinski definition) is 0. The van der Waals surface area contributed by atoms with Gasteiger partial charge in [-0.05, 0) is 23.7 Å². The fourth-order valence-electron chi connectivity index (χ4n) is 2.02. The first-order valence-corrected chi connectivity index (χ1v) is 6.34. The van der Waals surface area contributed by atoms with Crippen molar-refractivity contribution in [3.05, 3.63) is 12.7 Å². The third kappa shape index (κ3) is 4.39. The monoisotopic (exact) mass is 216 g/mol. The lowest BCUT2D eigenvalue weighted by Crippen LogP contribution is -2.33. The minimum absolute atomic E-state index is 0.0618. The third-order valence-electron chi connectivity index (χ3n) is 3.85. The van der Waals surface area contributed by atoms with Crippen molar-refractivity contribution in [3.8, 4) is 0 Å². The summed E-state index contributed by atoms with van der Waals surface area (Å²) in [5.74, 6) is 1.18. The molecule has 0 aromatic carbocycles. The molecule has 0 bridgehead atoms. The topological polar surface area (TPSA) is 0 Å². The van der Waals surface area contributed by atoms with Crippen LogP contribution in [0.15, 0.2) is 12.7 Å². The lowest BCUT2D eigenvalue weighted by Gasteiger charge is -2.43. The molecule has 0 aliphatic carbocycles. The van der Waals surface area contributed by atoms with E-state index in [-0.39, 0.29) is 5.41 Å². The van der Waals surface area contributed by atoms with Gasteiger partial charge in [-0.25, -0.2) is 0 Å². The van der Waals surface area contributed by atoms with Gasteiger partial charge in [-0.1, -0.05) is 58.8 Å². The van der Waals surface area contributed by atoms with Gasteiger partial charge < -0.3 is 0 Å². The van der Waals surface area contributed by atoms with Crippen molar-refractivity contribution >= 4 is 15.7 Å². The maximum atomic E-state index is 6.24. The van der Waals surface area contributed by atoms with Gasteiger partial charge in [0.1, 0.15) is 0 Å². The second kappa shape index (κ2) is 5.98. The summed E-state index contributed by atoms with van der Waals surface area (Å²) in [6, 6.07) is 0. The van der Waals surface area contributed by atoms with E-state index in [2.05, 4.69) is 41.2 Å². The maximum absolute atomic E-state index is 6.24. The molecule has 0 N–H and O–H groups in total. The fraction of sp³-hybridized carbons (Fsp3) is 0.857. The van der Waals surface area contributed by atoms with E-state index in [9.17, 15) is 0 Å². The summed E-state index contributed by atoms with van der Waals surface area (Å²) in [7, 11) is 12.5. The lowest BCUT2D eigenvalue weighted by molar-refractivity contribution is 0.246. The van der Waals surface area contributed by atoms with Crippen LogP contribution in [0.2, 0.25) is 5.21 Å². The summed E-state index contributed by atoms with van der Waals surface area (Å²) >= 11 is 0. The molecule has 0 amide bonds. The van der Waals surface area contributed by atoms with Gasteiger partial charge >= 0.3 is 0 Å². The molecule has 0 aliphatic heterocycles. The zero-order chi connectivity index (χ0) is 13.0. The average molecular weight is 216 g/mol. The molecule has 0 spiro atoms. The number of hydrogen-bond acceptors (Lipinski definition) is 0. The first-order chi connectivity index (χ1) is 7.15. The minimum atomic E-state index is -0.596. The molecule has 0 rings (SSSR count). The molecule has 88 valence electrons. The quantitative estimate of drug-likeness (QED) is 0.462. The van der Waals surface area contributed by atoms with Crippen LogP contribution >= 0.6 is 0 Å². The van der Waals surface area contributed by atoms with Crippen molar-refractivity contribution in [2.24, 2.45) is 17.3 Å². The maximum Gasteiger partial charge on any atom is 0.0627 e. The van der Waals surface area contributed by atoms with Crippen LogP contribution in [0.5, 0.6) is 0 Å². The van der Waals surface area contributed by atoms with Crippen molar-refractivity contribution in [2.75, 3.05) is 0 Å². The minimum Gasteiger partial charge on any atom is -0.103 e. The van der Waals surface area contributed by atoms with Gasteiger partial charge in [0.05, 0.1) is 15.7 Å². The van der Waals surface area contributed by atoms with E-state index in [1.165, 1.54) is 0 Å². The summed E-state index contributed by atoms with van der Waals surface area (Å²) in [6.07, 6.45) is 5.07. The van der Waals surface area contributed by atoms with Crippen molar-refractivity contribution in [2.45, 2.75) is 59.1 Å². The van der Waals surface area contributed by atoms with Gasteiger partial charge in [-0.3, -0.25) is 0 Å². The van der Waals surface area contributed by atoms with Gasteiger partial charge in [0.2, 0.25) is 0 Å². The normalized spacial score (nSPS) is 16.8. The zero-order valence-electron chi connectivity index (χ0n) is 11.7. The van der Waals surface area contributed by atoms with Crippen LogP contribution < -0.4 is 0 Å². The van der Waals surface area contributed by atoms with Crippen molar-refractivity contribution in [1.29, 1.82) is 0 Å². The van der Waals surface area contributed by atoms with E-state index >= 15 is 0 Å². The summed E-state index contributed by atoms with van der Waals surface area (Å²) in [5, 5.41) is -0.596. The predicted molar refractivity (Wildman–Crippen MR) is 76.0 cm³/mol. The molecular formula is C14H26B2. The van der Waals surface area contributed by atoms with E-state index < -0.39 is 5.21 Å². The van der Waals surface area contributed by atoms with E-state index in [0.717, 1.165) is 19.3 Å². The fourth-order valence-corrected chi connectivity index (χ4v) is 2.02. The summed E-state index contributed by atoms with van der Waals surface area (Å²) in [4.78, 5) is 0. The molecule has 0 fully saturated rings. The first kappa shape index (κ1) is 15.9. The molecular weight excluding hydrogens is 190 g/mol. The van der Waals surface area contributed by atoms with Gasteiger partial charge in [0.25, 0.3) is 0 Å². The number of allylic oxidation sites excluding steroid dienone is 1.